The molecule has 0 spiro atoms. The van der Waals surface area contributed by atoms with Gasteiger partial charge in [0.1, 0.15) is 13.1 Å². The van der Waals surface area contributed by atoms with Crippen LogP contribution in [0.1, 0.15) is 12.0 Å². The highest BCUT2D eigenvalue weighted by molar-refractivity contribution is 5.91. The van der Waals surface area contributed by atoms with Gasteiger partial charge in [-0.1, -0.05) is 12.1 Å². The number of carbonyl (C=O) groups excluding carboxylic acids is 1. The maximum atomic E-state index is 12.1. The number of rotatable bonds is 3. The van der Waals surface area contributed by atoms with Crippen LogP contribution in [0.5, 0.6) is 0 Å². The van der Waals surface area contributed by atoms with E-state index >= 15 is 0 Å². The standard InChI is InChI=1S/C10H9FN2O/c11-7-8-1-3-9(4-2-8)13-10(14)5-6-12/h1-4H,5,7H2,(H,13,14). The van der Waals surface area contributed by atoms with E-state index in [1.54, 1.807) is 30.3 Å². The van der Waals surface area contributed by atoms with Crippen LogP contribution in [-0.4, -0.2) is 5.91 Å². The van der Waals surface area contributed by atoms with E-state index in [0.29, 0.717) is 11.3 Å². The molecule has 0 radical (unpaired) electrons. The first-order valence-electron chi connectivity index (χ1n) is 4.08. The fraction of sp³-hybridized carbons (Fsp3) is 0.200. The van der Waals surface area contributed by atoms with Gasteiger partial charge >= 0.3 is 0 Å². The molecular formula is C10H9FN2O. The predicted octanol–water partition coefficient (Wildman–Crippen LogP) is 2.01. The molecule has 1 N–H and O–H groups in total. The van der Waals surface area contributed by atoms with Crippen LogP contribution >= 0.6 is 0 Å². The van der Waals surface area contributed by atoms with Crippen molar-refractivity contribution in [3.63, 3.8) is 0 Å². The number of nitrogens with one attached hydrogen (secondary N) is 1. The van der Waals surface area contributed by atoms with Crippen molar-refractivity contribution in [3.05, 3.63) is 29.8 Å². The molecule has 0 saturated heterocycles. The van der Waals surface area contributed by atoms with Crippen LogP contribution in [0.4, 0.5) is 10.1 Å². The molecule has 0 saturated carbocycles. The summed E-state index contributed by atoms with van der Waals surface area (Å²) in [5.74, 6) is -0.361. The molecule has 1 amide bonds. The number of nitrogens with zero attached hydrogens (tertiary/aromatic N) is 1. The minimum Gasteiger partial charge on any atom is -0.325 e. The first-order chi connectivity index (χ1) is 6.76. The van der Waals surface area contributed by atoms with Crippen molar-refractivity contribution in [2.45, 2.75) is 13.1 Å². The van der Waals surface area contributed by atoms with Crippen molar-refractivity contribution in [1.82, 2.24) is 0 Å². The highest BCUT2D eigenvalue weighted by atomic mass is 19.1. The molecule has 0 aliphatic carbocycles. The normalized spacial score (nSPS) is 9.14. The number of amides is 1. The molecule has 0 aliphatic heterocycles. The lowest BCUT2D eigenvalue weighted by atomic mass is 10.2. The second-order valence-corrected chi connectivity index (χ2v) is 2.71. The average Bonchev–Trinajstić information content (AvgIpc) is 2.19. The fourth-order valence-corrected chi connectivity index (χ4v) is 0.954. The van der Waals surface area contributed by atoms with E-state index in [1.807, 2.05) is 0 Å². The molecule has 0 unspecified atom stereocenters. The molecule has 1 aromatic carbocycles. The van der Waals surface area contributed by atoms with Crippen LogP contribution in [0.3, 0.4) is 0 Å². The first-order valence-corrected chi connectivity index (χ1v) is 4.08. The topological polar surface area (TPSA) is 52.9 Å². The van der Waals surface area contributed by atoms with E-state index < -0.39 is 6.67 Å². The number of alkyl halides is 1. The van der Waals surface area contributed by atoms with Crippen LogP contribution in [-0.2, 0) is 11.5 Å². The average molecular weight is 192 g/mol. The van der Waals surface area contributed by atoms with Gasteiger partial charge in [-0.15, -0.1) is 0 Å². The van der Waals surface area contributed by atoms with Crippen LogP contribution < -0.4 is 5.32 Å². The molecule has 0 heterocycles. The quantitative estimate of drug-likeness (QED) is 0.796. The summed E-state index contributed by atoms with van der Waals surface area (Å²) in [6.45, 7) is -0.521. The number of benzene rings is 1. The molecule has 1 rings (SSSR count). The Balaban J connectivity index is 2.60. The van der Waals surface area contributed by atoms with Gasteiger partial charge in [-0.3, -0.25) is 4.79 Å². The van der Waals surface area contributed by atoms with Gasteiger partial charge < -0.3 is 5.32 Å². The Labute approximate surface area is 81.2 Å². The minimum atomic E-state index is -0.521. The molecular weight excluding hydrogens is 183 g/mol. The Morgan fingerprint density at radius 2 is 2.07 bits per heavy atom. The van der Waals surface area contributed by atoms with Crippen LogP contribution in [0.15, 0.2) is 24.3 Å². The lowest BCUT2D eigenvalue weighted by molar-refractivity contribution is -0.115. The Morgan fingerprint density at radius 3 is 2.57 bits per heavy atom. The Morgan fingerprint density at radius 1 is 1.43 bits per heavy atom. The number of anilines is 1. The van der Waals surface area contributed by atoms with E-state index in [9.17, 15) is 9.18 Å². The molecule has 72 valence electrons. The van der Waals surface area contributed by atoms with Crippen LogP contribution in [0, 0.1) is 11.3 Å². The van der Waals surface area contributed by atoms with Gasteiger partial charge in [0.05, 0.1) is 6.07 Å². The third-order valence-corrected chi connectivity index (χ3v) is 1.63. The summed E-state index contributed by atoms with van der Waals surface area (Å²) in [5, 5.41) is 10.7. The maximum Gasteiger partial charge on any atom is 0.238 e. The molecule has 0 aromatic heterocycles. The number of halogens is 1. The van der Waals surface area contributed by atoms with Gasteiger partial charge in [0.15, 0.2) is 0 Å². The molecule has 3 nitrogen and oxygen atoms in total. The van der Waals surface area contributed by atoms with Crippen molar-refractivity contribution in [2.24, 2.45) is 0 Å². The molecule has 14 heavy (non-hydrogen) atoms. The second-order valence-electron chi connectivity index (χ2n) is 2.71. The lowest BCUT2D eigenvalue weighted by Crippen LogP contribution is -2.09. The zero-order valence-corrected chi connectivity index (χ0v) is 7.46. The SMILES string of the molecule is N#CCC(=O)Nc1ccc(CF)cc1. The maximum absolute atomic E-state index is 12.1. The monoisotopic (exact) mass is 192 g/mol. The summed E-state index contributed by atoms with van der Waals surface area (Å²) in [4.78, 5) is 11.0. The van der Waals surface area contributed by atoms with Crippen LogP contribution in [0.2, 0.25) is 0 Å². The number of nitriles is 1. The van der Waals surface area contributed by atoms with E-state index in [4.69, 9.17) is 5.26 Å². The highest BCUT2D eigenvalue weighted by Crippen LogP contribution is 2.10. The highest BCUT2D eigenvalue weighted by Gasteiger charge is 2.00. The third kappa shape index (κ3) is 2.87. The van der Waals surface area contributed by atoms with E-state index in [-0.39, 0.29) is 12.3 Å². The largest absolute Gasteiger partial charge is 0.325 e. The molecule has 0 aliphatic rings. The van der Waals surface area contributed by atoms with Gasteiger partial charge in [-0.25, -0.2) is 4.39 Å². The summed E-state index contributed by atoms with van der Waals surface area (Å²) >= 11 is 0. The second kappa shape index (κ2) is 4.97. The Hall–Kier alpha value is -1.89. The van der Waals surface area contributed by atoms with Crippen LogP contribution in [0.25, 0.3) is 0 Å². The van der Waals surface area contributed by atoms with Crippen molar-refractivity contribution >= 4 is 11.6 Å². The van der Waals surface area contributed by atoms with Crippen molar-refractivity contribution in [3.8, 4) is 6.07 Å². The zero-order valence-electron chi connectivity index (χ0n) is 7.46. The Bertz CT molecular complexity index is 353. The summed E-state index contributed by atoms with van der Waals surface area (Å²) < 4.78 is 12.1. The van der Waals surface area contributed by atoms with Gasteiger partial charge in [0, 0.05) is 5.69 Å². The number of hydrogen-bond acceptors (Lipinski definition) is 2. The Kier molecular flexibility index (Phi) is 3.62. The fourth-order valence-electron chi connectivity index (χ4n) is 0.954. The van der Waals surface area contributed by atoms with E-state index in [2.05, 4.69) is 5.32 Å². The van der Waals surface area contributed by atoms with Crippen molar-refractivity contribution < 1.29 is 9.18 Å². The first kappa shape index (κ1) is 10.2. The van der Waals surface area contributed by atoms with Gasteiger partial charge in [0.25, 0.3) is 0 Å². The lowest BCUT2D eigenvalue weighted by Gasteiger charge is -2.02. The minimum absolute atomic E-state index is 0.176. The van der Waals surface area contributed by atoms with Gasteiger partial charge in [-0.2, -0.15) is 5.26 Å². The number of hydrogen-bond donors (Lipinski definition) is 1. The number of carbonyl (C=O) groups is 1. The van der Waals surface area contributed by atoms with Gasteiger partial charge in [-0.05, 0) is 17.7 Å². The molecule has 0 fully saturated rings. The molecule has 4 heteroatoms. The summed E-state index contributed by atoms with van der Waals surface area (Å²) in [7, 11) is 0. The smallest absolute Gasteiger partial charge is 0.238 e. The van der Waals surface area contributed by atoms with Gasteiger partial charge in [0.2, 0.25) is 5.91 Å². The van der Waals surface area contributed by atoms with E-state index in [0.717, 1.165) is 0 Å². The summed E-state index contributed by atoms with van der Waals surface area (Å²) in [6.07, 6.45) is -0.176. The summed E-state index contributed by atoms with van der Waals surface area (Å²) in [6, 6.07) is 8.11. The molecule has 0 bridgehead atoms. The molecule has 0 atom stereocenters. The van der Waals surface area contributed by atoms with Crippen molar-refractivity contribution in [1.29, 1.82) is 5.26 Å². The summed E-state index contributed by atoms with van der Waals surface area (Å²) in [5.41, 5.74) is 1.13. The van der Waals surface area contributed by atoms with E-state index in [1.165, 1.54) is 0 Å². The third-order valence-electron chi connectivity index (χ3n) is 1.63. The molecule has 1 aromatic rings. The van der Waals surface area contributed by atoms with Crippen molar-refractivity contribution in [2.75, 3.05) is 5.32 Å². The predicted molar refractivity (Wildman–Crippen MR) is 50.1 cm³/mol. The zero-order chi connectivity index (χ0) is 10.4.